The van der Waals surface area contributed by atoms with Crippen LogP contribution < -0.4 is 0 Å². The summed E-state index contributed by atoms with van der Waals surface area (Å²) in [7, 11) is 0. The third-order valence-electron chi connectivity index (χ3n) is 1.89. The Kier molecular flexibility index (Phi) is 3.68. The summed E-state index contributed by atoms with van der Waals surface area (Å²) in [6.07, 6.45) is 0. The summed E-state index contributed by atoms with van der Waals surface area (Å²) in [5.74, 6) is -0.348. The Hall–Kier alpha value is -1.82. The lowest BCUT2D eigenvalue weighted by atomic mass is 9.99. The molecule has 0 saturated heterocycles. The predicted molar refractivity (Wildman–Crippen MR) is 60.9 cm³/mol. The topological polar surface area (TPSA) is 50.1 Å². The van der Waals surface area contributed by atoms with E-state index in [-0.39, 0.29) is 11.4 Å². The summed E-state index contributed by atoms with van der Waals surface area (Å²) >= 11 is 0. The molecule has 84 valence electrons. The standard InChI is InChI=1S/C13H15NO2/c1-13(2,3)9-16-12(15)11-6-4-10(8-14)5-7-11/h4-7H,9H2,1-3H3. The van der Waals surface area contributed by atoms with Crippen molar-refractivity contribution < 1.29 is 9.53 Å². The van der Waals surface area contributed by atoms with Crippen LogP contribution >= 0.6 is 0 Å². The third kappa shape index (κ3) is 3.74. The zero-order valence-electron chi connectivity index (χ0n) is 9.78. The van der Waals surface area contributed by atoms with Gasteiger partial charge in [0.25, 0.3) is 0 Å². The molecule has 0 heterocycles. The Morgan fingerprint density at radius 3 is 2.31 bits per heavy atom. The Labute approximate surface area is 95.7 Å². The van der Waals surface area contributed by atoms with E-state index in [1.54, 1.807) is 24.3 Å². The van der Waals surface area contributed by atoms with Gasteiger partial charge in [0.1, 0.15) is 0 Å². The van der Waals surface area contributed by atoms with Gasteiger partial charge in [-0.1, -0.05) is 20.8 Å². The van der Waals surface area contributed by atoms with Crippen LogP contribution in [-0.2, 0) is 4.74 Å². The van der Waals surface area contributed by atoms with Gasteiger partial charge in [-0.2, -0.15) is 5.26 Å². The minimum atomic E-state index is -0.348. The van der Waals surface area contributed by atoms with E-state index in [0.29, 0.717) is 17.7 Å². The van der Waals surface area contributed by atoms with Gasteiger partial charge in [-0.15, -0.1) is 0 Å². The van der Waals surface area contributed by atoms with Crippen LogP contribution in [0.2, 0.25) is 0 Å². The van der Waals surface area contributed by atoms with E-state index < -0.39 is 0 Å². The number of benzene rings is 1. The first-order valence-corrected chi connectivity index (χ1v) is 5.10. The van der Waals surface area contributed by atoms with Crippen molar-refractivity contribution in [3.05, 3.63) is 35.4 Å². The van der Waals surface area contributed by atoms with Gasteiger partial charge < -0.3 is 4.74 Å². The van der Waals surface area contributed by atoms with E-state index in [4.69, 9.17) is 10.00 Å². The second-order valence-electron chi connectivity index (χ2n) is 4.83. The molecule has 0 bridgehead atoms. The Bertz CT molecular complexity index is 407. The summed E-state index contributed by atoms with van der Waals surface area (Å²) in [6.45, 7) is 6.38. The van der Waals surface area contributed by atoms with E-state index in [1.165, 1.54) is 0 Å². The fourth-order valence-electron chi connectivity index (χ4n) is 1.05. The highest BCUT2D eigenvalue weighted by molar-refractivity contribution is 5.89. The van der Waals surface area contributed by atoms with Crippen molar-refractivity contribution in [2.24, 2.45) is 5.41 Å². The van der Waals surface area contributed by atoms with Gasteiger partial charge in [-0.25, -0.2) is 4.79 Å². The highest BCUT2D eigenvalue weighted by Gasteiger charge is 2.14. The van der Waals surface area contributed by atoms with Crippen LogP contribution in [0.25, 0.3) is 0 Å². The van der Waals surface area contributed by atoms with Gasteiger partial charge in [0.2, 0.25) is 0 Å². The number of hydrogen-bond acceptors (Lipinski definition) is 3. The number of nitrogens with zero attached hydrogens (tertiary/aromatic N) is 1. The molecule has 1 aromatic rings. The number of carbonyl (C=O) groups is 1. The van der Waals surface area contributed by atoms with Crippen molar-refractivity contribution in [1.82, 2.24) is 0 Å². The maximum Gasteiger partial charge on any atom is 0.338 e. The number of carbonyl (C=O) groups excluding carboxylic acids is 1. The maximum atomic E-state index is 11.6. The lowest BCUT2D eigenvalue weighted by Gasteiger charge is -2.17. The van der Waals surface area contributed by atoms with Crippen molar-refractivity contribution in [2.45, 2.75) is 20.8 Å². The fourth-order valence-corrected chi connectivity index (χ4v) is 1.05. The maximum absolute atomic E-state index is 11.6. The molecule has 0 N–H and O–H groups in total. The Morgan fingerprint density at radius 1 is 1.31 bits per heavy atom. The zero-order chi connectivity index (χ0) is 12.2. The molecule has 16 heavy (non-hydrogen) atoms. The minimum Gasteiger partial charge on any atom is -0.462 e. The van der Waals surface area contributed by atoms with Crippen molar-refractivity contribution in [3.8, 4) is 6.07 Å². The summed E-state index contributed by atoms with van der Waals surface area (Å²) in [5.41, 5.74) is 0.970. The SMILES string of the molecule is CC(C)(C)COC(=O)c1ccc(C#N)cc1. The lowest BCUT2D eigenvalue weighted by Crippen LogP contribution is -2.18. The molecular weight excluding hydrogens is 202 g/mol. The summed E-state index contributed by atoms with van der Waals surface area (Å²) in [6, 6.07) is 8.41. The molecule has 0 atom stereocenters. The molecule has 0 radical (unpaired) electrons. The van der Waals surface area contributed by atoms with Crippen LogP contribution in [0.15, 0.2) is 24.3 Å². The number of ether oxygens (including phenoxy) is 1. The molecule has 0 saturated carbocycles. The smallest absolute Gasteiger partial charge is 0.338 e. The second kappa shape index (κ2) is 4.80. The minimum absolute atomic E-state index is 0.0394. The van der Waals surface area contributed by atoms with Crippen LogP contribution in [0.5, 0.6) is 0 Å². The van der Waals surface area contributed by atoms with Crippen LogP contribution in [0.4, 0.5) is 0 Å². The average Bonchev–Trinajstić information content (AvgIpc) is 2.25. The molecule has 0 fully saturated rings. The summed E-state index contributed by atoms with van der Waals surface area (Å²) < 4.78 is 5.14. The molecule has 0 amide bonds. The van der Waals surface area contributed by atoms with Gasteiger partial charge in [0.05, 0.1) is 23.8 Å². The summed E-state index contributed by atoms with van der Waals surface area (Å²) in [5, 5.41) is 8.61. The first-order valence-electron chi connectivity index (χ1n) is 5.10. The van der Waals surface area contributed by atoms with Crippen molar-refractivity contribution >= 4 is 5.97 Å². The van der Waals surface area contributed by atoms with Crippen LogP contribution in [0.3, 0.4) is 0 Å². The average molecular weight is 217 g/mol. The van der Waals surface area contributed by atoms with E-state index in [9.17, 15) is 4.79 Å². The second-order valence-corrected chi connectivity index (χ2v) is 4.83. The van der Waals surface area contributed by atoms with Crippen molar-refractivity contribution in [1.29, 1.82) is 5.26 Å². The number of rotatable bonds is 2. The van der Waals surface area contributed by atoms with Crippen LogP contribution in [0, 0.1) is 16.7 Å². The molecule has 1 aromatic carbocycles. The molecule has 0 aromatic heterocycles. The molecule has 3 nitrogen and oxygen atoms in total. The van der Waals surface area contributed by atoms with Gasteiger partial charge >= 0.3 is 5.97 Å². The Morgan fingerprint density at radius 2 is 1.88 bits per heavy atom. The van der Waals surface area contributed by atoms with Crippen molar-refractivity contribution in [2.75, 3.05) is 6.61 Å². The number of esters is 1. The molecule has 1 rings (SSSR count). The van der Waals surface area contributed by atoms with Crippen LogP contribution in [0.1, 0.15) is 36.7 Å². The highest BCUT2D eigenvalue weighted by Crippen LogP contribution is 2.14. The first-order chi connectivity index (χ1) is 7.42. The molecule has 0 aliphatic heterocycles. The van der Waals surface area contributed by atoms with E-state index >= 15 is 0 Å². The lowest BCUT2D eigenvalue weighted by molar-refractivity contribution is 0.0367. The van der Waals surface area contributed by atoms with Gasteiger partial charge in [-0.3, -0.25) is 0 Å². The molecule has 0 spiro atoms. The molecule has 3 heteroatoms. The van der Waals surface area contributed by atoms with E-state index in [0.717, 1.165) is 0 Å². The quantitative estimate of drug-likeness (QED) is 0.716. The number of nitriles is 1. The predicted octanol–water partition coefficient (Wildman–Crippen LogP) is 2.76. The number of hydrogen-bond donors (Lipinski definition) is 0. The third-order valence-corrected chi connectivity index (χ3v) is 1.89. The van der Waals surface area contributed by atoms with Crippen molar-refractivity contribution in [3.63, 3.8) is 0 Å². The van der Waals surface area contributed by atoms with Gasteiger partial charge in [0.15, 0.2) is 0 Å². The molecule has 0 unspecified atom stereocenters. The largest absolute Gasteiger partial charge is 0.462 e. The monoisotopic (exact) mass is 217 g/mol. The highest BCUT2D eigenvalue weighted by atomic mass is 16.5. The molecule has 0 aliphatic carbocycles. The molecule has 0 aliphatic rings. The van der Waals surface area contributed by atoms with Gasteiger partial charge in [-0.05, 0) is 29.7 Å². The van der Waals surface area contributed by atoms with Gasteiger partial charge in [0, 0.05) is 0 Å². The first kappa shape index (κ1) is 12.3. The normalized spacial score (nSPS) is 10.6. The zero-order valence-corrected chi connectivity index (χ0v) is 9.78. The fraction of sp³-hybridized carbons (Fsp3) is 0.385. The van der Waals surface area contributed by atoms with Crippen LogP contribution in [-0.4, -0.2) is 12.6 Å². The molecular formula is C13H15NO2. The van der Waals surface area contributed by atoms with E-state index in [1.807, 2.05) is 26.8 Å². The van der Waals surface area contributed by atoms with E-state index in [2.05, 4.69) is 0 Å². The summed E-state index contributed by atoms with van der Waals surface area (Å²) in [4.78, 5) is 11.6. The Balaban J connectivity index is 2.64.